The van der Waals surface area contributed by atoms with Crippen LogP contribution in [0.2, 0.25) is 0 Å². The smallest absolute Gasteiger partial charge is 0.236 e. The number of benzene rings is 1. The summed E-state index contributed by atoms with van der Waals surface area (Å²) in [4.78, 5) is 12.6. The molecule has 1 aromatic carbocycles. The molecule has 0 saturated carbocycles. The van der Waals surface area contributed by atoms with E-state index in [1.807, 2.05) is 0 Å². The molecule has 82 valence electrons. The van der Waals surface area contributed by atoms with Gasteiger partial charge in [-0.3, -0.25) is 4.79 Å². The van der Waals surface area contributed by atoms with Crippen LogP contribution in [-0.4, -0.2) is 30.6 Å². The monoisotopic (exact) mass is 209 g/mol. The van der Waals surface area contributed by atoms with Gasteiger partial charge < -0.3 is 21.5 Å². The van der Waals surface area contributed by atoms with Gasteiger partial charge in [0.2, 0.25) is 5.91 Å². The molecule has 1 atom stereocenters. The summed E-state index contributed by atoms with van der Waals surface area (Å²) in [6.07, 6.45) is 0. The Hall–Kier alpha value is -1.75. The lowest BCUT2D eigenvalue weighted by Crippen LogP contribution is -2.44. The predicted octanol–water partition coefficient (Wildman–Crippen LogP) is -0.359. The summed E-state index contributed by atoms with van der Waals surface area (Å²) in [6, 6.07) is 5.93. The minimum atomic E-state index is -0.691. The lowest BCUT2D eigenvalue weighted by atomic mass is 10.2. The summed E-state index contributed by atoms with van der Waals surface area (Å²) in [5, 5.41) is 9.09. The van der Waals surface area contributed by atoms with E-state index in [0.717, 1.165) is 5.69 Å². The van der Waals surface area contributed by atoms with Gasteiger partial charge in [0.15, 0.2) is 0 Å². The summed E-state index contributed by atoms with van der Waals surface area (Å²) >= 11 is 0. The van der Waals surface area contributed by atoms with Gasteiger partial charge in [-0.1, -0.05) is 0 Å². The van der Waals surface area contributed by atoms with Crippen LogP contribution in [0.15, 0.2) is 24.3 Å². The van der Waals surface area contributed by atoms with Gasteiger partial charge in [-0.25, -0.2) is 0 Å². The number of aromatic hydroxyl groups is 1. The zero-order valence-electron chi connectivity index (χ0n) is 8.55. The maximum absolute atomic E-state index is 10.8. The first-order valence-corrected chi connectivity index (χ1v) is 4.56. The molecule has 5 heteroatoms. The molecule has 5 N–H and O–H groups in total. The molecular weight excluding hydrogens is 194 g/mol. The zero-order valence-corrected chi connectivity index (χ0v) is 8.55. The molecule has 15 heavy (non-hydrogen) atoms. The molecule has 5 nitrogen and oxygen atoms in total. The van der Waals surface area contributed by atoms with E-state index in [2.05, 4.69) is 0 Å². The molecule has 1 rings (SSSR count). The van der Waals surface area contributed by atoms with Gasteiger partial charge in [0.25, 0.3) is 0 Å². The first-order valence-electron chi connectivity index (χ1n) is 4.56. The third-order valence-corrected chi connectivity index (χ3v) is 2.13. The summed E-state index contributed by atoms with van der Waals surface area (Å²) in [5.74, 6) is -0.327. The van der Waals surface area contributed by atoms with E-state index in [0.29, 0.717) is 6.54 Å². The minimum absolute atomic E-state index is 0.200. The highest BCUT2D eigenvalue weighted by Gasteiger charge is 2.12. The van der Waals surface area contributed by atoms with Crippen molar-refractivity contribution in [3.63, 3.8) is 0 Å². The average molecular weight is 209 g/mol. The van der Waals surface area contributed by atoms with E-state index in [-0.39, 0.29) is 5.75 Å². The maximum Gasteiger partial charge on any atom is 0.236 e. The van der Waals surface area contributed by atoms with Crippen LogP contribution in [0.5, 0.6) is 5.75 Å². The number of rotatable bonds is 4. The van der Waals surface area contributed by atoms with Crippen LogP contribution in [0.25, 0.3) is 0 Å². The van der Waals surface area contributed by atoms with E-state index in [1.54, 1.807) is 36.2 Å². The lowest BCUT2D eigenvalue weighted by Gasteiger charge is -2.21. The van der Waals surface area contributed by atoms with Gasteiger partial charge in [0.1, 0.15) is 11.8 Å². The van der Waals surface area contributed by atoms with Gasteiger partial charge in [-0.2, -0.15) is 0 Å². The first-order chi connectivity index (χ1) is 7.00. The van der Waals surface area contributed by atoms with E-state index in [1.165, 1.54) is 0 Å². The number of hydrogen-bond donors (Lipinski definition) is 3. The average Bonchev–Trinajstić information content (AvgIpc) is 2.18. The zero-order chi connectivity index (χ0) is 11.4. The number of hydrogen-bond acceptors (Lipinski definition) is 4. The fourth-order valence-electron chi connectivity index (χ4n) is 1.20. The molecule has 0 aliphatic heterocycles. The molecular formula is C10H15N3O2. The van der Waals surface area contributed by atoms with Gasteiger partial charge in [0, 0.05) is 19.3 Å². The summed E-state index contributed by atoms with van der Waals surface area (Å²) in [5.41, 5.74) is 11.4. The Kier molecular flexibility index (Phi) is 3.51. The largest absolute Gasteiger partial charge is 0.508 e. The summed E-state index contributed by atoms with van der Waals surface area (Å²) in [6.45, 7) is 0.347. The van der Waals surface area contributed by atoms with Crippen molar-refractivity contribution < 1.29 is 9.90 Å². The number of anilines is 1. The van der Waals surface area contributed by atoms with Crippen molar-refractivity contribution in [3.05, 3.63) is 24.3 Å². The Bertz CT molecular complexity index is 337. The highest BCUT2D eigenvalue weighted by atomic mass is 16.3. The van der Waals surface area contributed by atoms with Crippen LogP contribution in [0.4, 0.5) is 5.69 Å². The van der Waals surface area contributed by atoms with Gasteiger partial charge in [0.05, 0.1) is 0 Å². The van der Waals surface area contributed by atoms with Crippen LogP contribution in [0.3, 0.4) is 0 Å². The first kappa shape index (κ1) is 11.3. The van der Waals surface area contributed by atoms with Crippen molar-refractivity contribution in [2.75, 3.05) is 18.5 Å². The lowest BCUT2D eigenvalue weighted by molar-refractivity contribution is -0.119. The minimum Gasteiger partial charge on any atom is -0.508 e. The topological polar surface area (TPSA) is 92.6 Å². The van der Waals surface area contributed by atoms with Gasteiger partial charge in [-0.05, 0) is 24.3 Å². The second-order valence-electron chi connectivity index (χ2n) is 3.41. The highest BCUT2D eigenvalue weighted by Crippen LogP contribution is 2.16. The predicted molar refractivity (Wildman–Crippen MR) is 58.5 cm³/mol. The number of amides is 1. The number of likely N-dealkylation sites (N-methyl/N-ethyl adjacent to an activating group) is 1. The molecule has 0 aromatic heterocycles. The molecule has 0 saturated heterocycles. The Morgan fingerprint density at radius 3 is 2.47 bits per heavy atom. The van der Waals surface area contributed by atoms with Crippen LogP contribution < -0.4 is 16.4 Å². The van der Waals surface area contributed by atoms with E-state index in [4.69, 9.17) is 16.6 Å². The van der Waals surface area contributed by atoms with Crippen LogP contribution >= 0.6 is 0 Å². The Morgan fingerprint density at radius 1 is 1.47 bits per heavy atom. The molecule has 1 aromatic rings. The molecule has 1 amide bonds. The Morgan fingerprint density at radius 2 is 2.00 bits per heavy atom. The number of primary amides is 1. The molecule has 0 radical (unpaired) electrons. The molecule has 0 aliphatic rings. The molecule has 0 bridgehead atoms. The van der Waals surface area contributed by atoms with Crippen molar-refractivity contribution in [3.8, 4) is 5.75 Å². The van der Waals surface area contributed by atoms with Crippen molar-refractivity contribution in [1.29, 1.82) is 0 Å². The SMILES string of the molecule is CN(CC(N)C(N)=O)c1ccc(O)cc1. The highest BCUT2D eigenvalue weighted by molar-refractivity contribution is 5.80. The van der Waals surface area contributed by atoms with Crippen LogP contribution in [0.1, 0.15) is 0 Å². The van der Waals surface area contributed by atoms with Crippen molar-refractivity contribution in [2.24, 2.45) is 11.5 Å². The molecule has 1 unspecified atom stereocenters. The number of nitrogens with zero attached hydrogens (tertiary/aromatic N) is 1. The number of carbonyl (C=O) groups is 1. The number of phenolic OH excluding ortho intramolecular Hbond substituents is 1. The molecule has 0 heterocycles. The number of nitrogens with two attached hydrogens (primary N) is 2. The van der Waals surface area contributed by atoms with Crippen molar-refractivity contribution >= 4 is 11.6 Å². The normalized spacial score (nSPS) is 12.1. The maximum atomic E-state index is 10.8. The summed E-state index contributed by atoms with van der Waals surface area (Å²) in [7, 11) is 1.80. The quantitative estimate of drug-likeness (QED) is 0.631. The van der Waals surface area contributed by atoms with Crippen molar-refractivity contribution in [2.45, 2.75) is 6.04 Å². The Balaban J connectivity index is 2.64. The van der Waals surface area contributed by atoms with Gasteiger partial charge >= 0.3 is 0 Å². The fourth-order valence-corrected chi connectivity index (χ4v) is 1.20. The Labute approximate surface area is 88.3 Å². The third kappa shape index (κ3) is 3.14. The summed E-state index contributed by atoms with van der Waals surface area (Å²) < 4.78 is 0. The second kappa shape index (κ2) is 4.65. The number of phenols is 1. The van der Waals surface area contributed by atoms with E-state index < -0.39 is 11.9 Å². The fraction of sp³-hybridized carbons (Fsp3) is 0.300. The standard InChI is InChI=1S/C10H15N3O2/c1-13(6-9(11)10(12)15)7-2-4-8(14)5-3-7/h2-5,9,14H,6,11H2,1H3,(H2,12,15). The van der Waals surface area contributed by atoms with Crippen LogP contribution in [0, 0.1) is 0 Å². The van der Waals surface area contributed by atoms with E-state index in [9.17, 15) is 4.79 Å². The molecule has 0 aliphatic carbocycles. The third-order valence-electron chi connectivity index (χ3n) is 2.13. The van der Waals surface area contributed by atoms with E-state index >= 15 is 0 Å². The van der Waals surface area contributed by atoms with Crippen LogP contribution in [-0.2, 0) is 4.79 Å². The molecule has 0 fully saturated rings. The van der Waals surface area contributed by atoms with Crippen molar-refractivity contribution in [1.82, 2.24) is 0 Å². The van der Waals surface area contributed by atoms with Gasteiger partial charge in [-0.15, -0.1) is 0 Å². The molecule has 0 spiro atoms. The number of carbonyl (C=O) groups excluding carboxylic acids is 1. The second-order valence-corrected chi connectivity index (χ2v) is 3.41.